The molecule has 0 aromatic heterocycles. The standard InChI is InChI=1S/C18H28N2O3/c1-5-9-20-16(21)12-15(17(22)23-4)18(20)7-10-19(11-8-18)13-14(3)6-2/h5-6,15H,1,7-13H2,2-4H3/b14-6+. The Balaban J connectivity index is 2.19. The maximum atomic E-state index is 12.4. The van der Waals surface area contributed by atoms with Crippen molar-refractivity contribution in [1.29, 1.82) is 0 Å². The minimum Gasteiger partial charge on any atom is -0.469 e. The topological polar surface area (TPSA) is 49.9 Å². The minimum absolute atomic E-state index is 0.0402. The summed E-state index contributed by atoms with van der Waals surface area (Å²) in [4.78, 5) is 28.9. The summed E-state index contributed by atoms with van der Waals surface area (Å²) in [6.45, 7) is 11.2. The van der Waals surface area contributed by atoms with Crippen LogP contribution in [0.2, 0.25) is 0 Å². The second-order valence-electron chi connectivity index (χ2n) is 6.59. The molecule has 0 aliphatic carbocycles. The summed E-state index contributed by atoms with van der Waals surface area (Å²) in [5.41, 5.74) is 0.939. The number of hydrogen-bond donors (Lipinski definition) is 0. The van der Waals surface area contributed by atoms with Crippen LogP contribution >= 0.6 is 0 Å². The van der Waals surface area contributed by atoms with Crippen molar-refractivity contribution < 1.29 is 14.3 Å². The van der Waals surface area contributed by atoms with Gasteiger partial charge in [-0.15, -0.1) is 6.58 Å². The molecule has 0 bridgehead atoms. The fourth-order valence-electron chi connectivity index (χ4n) is 3.93. The Labute approximate surface area is 139 Å². The molecule has 2 rings (SSSR count). The Morgan fingerprint density at radius 1 is 1.43 bits per heavy atom. The molecule has 1 atom stereocenters. The van der Waals surface area contributed by atoms with E-state index >= 15 is 0 Å². The smallest absolute Gasteiger partial charge is 0.311 e. The SMILES string of the molecule is C=CCN1C(=O)CC(C(=O)OC)C12CCN(C/C(C)=C/C)CC2. The van der Waals surface area contributed by atoms with Crippen LogP contribution in [0.15, 0.2) is 24.3 Å². The highest BCUT2D eigenvalue weighted by atomic mass is 16.5. The lowest BCUT2D eigenvalue weighted by Crippen LogP contribution is -2.57. The molecule has 23 heavy (non-hydrogen) atoms. The van der Waals surface area contributed by atoms with Crippen LogP contribution in [0.5, 0.6) is 0 Å². The monoisotopic (exact) mass is 320 g/mol. The normalized spacial score (nSPS) is 25.0. The van der Waals surface area contributed by atoms with Gasteiger partial charge in [-0.3, -0.25) is 14.5 Å². The average Bonchev–Trinajstić information content (AvgIpc) is 2.82. The zero-order valence-electron chi connectivity index (χ0n) is 14.5. The Bertz CT molecular complexity index is 504. The van der Waals surface area contributed by atoms with Crippen LogP contribution in [0.3, 0.4) is 0 Å². The zero-order valence-corrected chi connectivity index (χ0v) is 14.5. The van der Waals surface area contributed by atoms with Gasteiger partial charge in [0.05, 0.1) is 18.6 Å². The molecule has 1 unspecified atom stereocenters. The van der Waals surface area contributed by atoms with Gasteiger partial charge in [-0.1, -0.05) is 17.7 Å². The van der Waals surface area contributed by atoms with Gasteiger partial charge in [-0.25, -0.2) is 0 Å². The number of ether oxygens (including phenoxy) is 1. The van der Waals surface area contributed by atoms with E-state index in [1.807, 2.05) is 4.90 Å². The lowest BCUT2D eigenvalue weighted by Gasteiger charge is -2.47. The summed E-state index contributed by atoms with van der Waals surface area (Å²) in [6.07, 6.45) is 5.75. The quantitative estimate of drug-likeness (QED) is 0.574. The molecule has 0 aromatic carbocycles. The maximum absolute atomic E-state index is 12.4. The number of likely N-dealkylation sites (tertiary alicyclic amines) is 2. The number of piperidine rings is 1. The molecule has 2 saturated heterocycles. The number of rotatable bonds is 5. The van der Waals surface area contributed by atoms with Crippen LogP contribution in [0.25, 0.3) is 0 Å². The lowest BCUT2D eigenvalue weighted by molar-refractivity contribution is -0.150. The summed E-state index contributed by atoms with van der Waals surface area (Å²) in [6, 6.07) is 0. The van der Waals surface area contributed by atoms with Crippen molar-refractivity contribution in [2.45, 2.75) is 38.6 Å². The minimum atomic E-state index is -0.404. The van der Waals surface area contributed by atoms with Crippen LogP contribution in [0.4, 0.5) is 0 Å². The largest absolute Gasteiger partial charge is 0.469 e. The van der Waals surface area contributed by atoms with E-state index < -0.39 is 5.54 Å². The van der Waals surface area contributed by atoms with Gasteiger partial charge < -0.3 is 9.64 Å². The van der Waals surface area contributed by atoms with Gasteiger partial charge in [0.15, 0.2) is 0 Å². The van der Waals surface area contributed by atoms with Crippen LogP contribution in [-0.2, 0) is 14.3 Å². The second-order valence-corrected chi connectivity index (χ2v) is 6.59. The highest BCUT2D eigenvalue weighted by Crippen LogP contribution is 2.44. The first-order valence-electron chi connectivity index (χ1n) is 8.32. The number of methoxy groups -OCH3 is 1. The van der Waals surface area contributed by atoms with E-state index in [1.165, 1.54) is 12.7 Å². The van der Waals surface area contributed by atoms with E-state index in [2.05, 4.69) is 31.4 Å². The van der Waals surface area contributed by atoms with Crippen molar-refractivity contribution in [2.24, 2.45) is 5.92 Å². The fraction of sp³-hybridized carbons (Fsp3) is 0.667. The first kappa shape index (κ1) is 17.7. The van der Waals surface area contributed by atoms with Gasteiger partial charge in [-0.05, 0) is 26.7 Å². The Morgan fingerprint density at radius 2 is 2.09 bits per heavy atom. The van der Waals surface area contributed by atoms with Gasteiger partial charge in [-0.2, -0.15) is 0 Å². The number of nitrogens with zero attached hydrogens (tertiary/aromatic N) is 2. The first-order chi connectivity index (χ1) is 11.0. The van der Waals surface area contributed by atoms with Crippen molar-refractivity contribution in [3.63, 3.8) is 0 Å². The zero-order chi connectivity index (χ0) is 17.0. The predicted octanol–water partition coefficient (Wildman–Crippen LogP) is 1.99. The predicted molar refractivity (Wildman–Crippen MR) is 89.9 cm³/mol. The molecular weight excluding hydrogens is 292 g/mol. The van der Waals surface area contributed by atoms with Gasteiger partial charge in [0.25, 0.3) is 0 Å². The Morgan fingerprint density at radius 3 is 2.61 bits per heavy atom. The van der Waals surface area contributed by atoms with Crippen LogP contribution in [-0.4, -0.2) is 60.5 Å². The van der Waals surface area contributed by atoms with Gasteiger partial charge in [0.1, 0.15) is 0 Å². The second kappa shape index (κ2) is 7.30. The number of carbonyl (C=O) groups excluding carboxylic acids is 2. The summed E-state index contributed by atoms with van der Waals surface area (Å²) in [5, 5.41) is 0. The van der Waals surface area contributed by atoms with E-state index in [1.54, 1.807) is 6.08 Å². The van der Waals surface area contributed by atoms with Crippen molar-refractivity contribution in [2.75, 3.05) is 33.3 Å². The number of amides is 1. The van der Waals surface area contributed by atoms with Crippen LogP contribution in [0, 0.1) is 5.92 Å². The molecule has 2 fully saturated rings. The molecule has 0 aromatic rings. The number of esters is 1. The molecule has 5 nitrogen and oxygen atoms in total. The summed E-state index contributed by atoms with van der Waals surface area (Å²) >= 11 is 0. The summed E-state index contributed by atoms with van der Waals surface area (Å²) in [5.74, 6) is -0.578. The van der Waals surface area contributed by atoms with Crippen molar-refractivity contribution in [1.82, 2.24) is 9.80 Å². The fourth-order valence-corrected chi connectivity index (χ4v) is 3.93. The van der Waals surface area contributed by atoms with Crippen LogP contribution in [0.1, 0.15) is 33.1 Å². The van der Waals surface area contributed by atoms with E-state index in [0.29, 0.717) is 6.54 Å². The van der Waals surface area contributed by atoms with Crippen molar-refractivity contribution >= 4 is 11.9 Å². The Hall–Kier alpha value is -1.62. The highest BCUT2D eigenvalue weighted by Gasteiger charge is 2.56. The van der Waals surface area contributed by atoms with E-state index in [9.17, 15) is 9.59 Å². The van der Waals surface area contributed by atoms with Crippen LogP contribution < -0.4 is 0 Å². The molecule has 0 radical (unpaired) electrons. The number of hydrogen-bond acceptors (Lipinski definition) is 4. The number of carbonyl (C=O) groups is 2. The third-order valence-corrected chi connectivity index (χ3v) is 5.35. The van der Waals surface area contributed by atoms with Gasteiger partial charge in [0, 0.05) is 32.6 Å². The molecule has 2 aliphatic heterocycles. The first-order valence-corrected chi connectivity index (χ1v) is 8.32. The lowest BCUT2D eigenvalue weighted by atomic mass is 9.76. The summed E-state index contributed by atoms with van der Waals surface area (Å²) in [7, 11) is 1.40. The molecule has 5 heteroatoms. The Kier molecular flexibility index (Phi) is 5.63. The third-order valence-electron chi connectivity index (χ3n) is 5.35. The van der Waals surface area contributed by atoms with Gasteiger partial charge in [0.2, 0.25) is 5.91 Å². The van der Waals surface area contributed by atoms with Gasteiger partial charge >= 0.3 is 5.97 Å². The number of allylic oxidation sites excluding steroid dienone is 1. The molecule has 128 valence electrons. The highest BCUT2D eigenvalue weighted by molar-refractivity contribution is 5.89. The maximum Gasteiger partial charge on any atom is 0.311 e. The molecule has 0 saturated carbocycles. The summed E-state index contributed by atoms with van der Waals surface area (Å²) < 4.78 is 4.98. The van der Waals surface area contributed by atoms with E-state index in [4.69, 9.17) is 4.74 Å². The van der Waals surface area contributed by atoms with Crippen molar-refractivity contribution in [3.8, 4) is 0 Å². The van der Waals surface area contributed by atoms with E-state index in [-0.39, 0.29) is 24.2 Å². The molecule has 1 spiro atoms. The molecule has 2 heterocycles. The molecule has 0 N–H and O–H groups in total. The molecular formula is C18H28N2O3. The molecule has 1 amide bonds. The van der Waals surface area contributed by atoms with Crippen molar-refractivity contribution in [3.05, 3.63) is 24.3 Å². The van der Waals surface area contributed by atoms with E-state index in [0.717, 1.165) is 32.5 Å². The molecule has 2 aliphatic rings. The average molecular weight is 320 g/mol. The third kappa shape index (κ3) is 3.34.